The zero-order chi connectivity index (χ0) is 7.40. The summed E-state index contributed by atoms with van der Waals surface area (Å²) in [5, 5.41) is 0. The first-order valence-corrected chi connectivity index (χ1v) is 5.66. The van der Waals surface area contributed by atoms with Gasteiger partial charge in [0.25, 0.3) is 0 Å². The van der Waals surface area contributed by atoms with Gasteiger partial charge in [0.2, 0.25) is 0 Å². The van der Waals surface area contributed by atoms with Gasteiger partial charge in [0, 0.05) is 9.79 Å². The van der Waals surface area contributed by atoms with Gasteiger partial charge in [0.05, 0.1) is 0 Å². The highest BCUT2D eigenvalue weighted by molar-refractivity contribution is 8.21. The zero-order valence-corrected chi connectivity index (χ0v) is 7.89. The lowest BCUT2D eigenvalue weighted by atomic mass is 10.4. The smallest absolute Gasteiger partial charge is 0.0244 e. The molecule has 0 N–H and O–H groups in total. The van der Waals surface area contributed by atoms with Gasteiger partial charge < -0.3 is 0 Å². The number of benzene rings is 1. The lowest BCUT2D eigenvalue weighted by Crippen LogP contribution is -1.69. The molecule has 0 nitrogen and oxygen atoms in total. The molecule has 0 fully saturated rings. The second-order valence-corrected chi connectivity index (χ2v) is 3.72. The average molecular weight is 191 g/mol. The van der Waals surface area contributed by atoms with Crippen LogP contribution in [0.3, 0.4) is 0 Å². The maximum atomic E-state index is 5.56. The molecule has 0 aromatic heterocycles. The van der Waals surface area contributed by atoms with Crippen molar-refractivity contribution in [2.45, 2.75) is 9.79 Å². The van der Waals surface area contributed by atoms with Gasteiger partial charge in [0.1, 0.15) is 0 Å². The molecule has 0 aliphatic rings. The standard InChI is InChI=1S/C7H7ClS2/c1-9-6-3-2-4-7(5-6)10-8/h2-5H,1H3. The molecule has 0 aliphatic heterocycles. The van der Waals surface area contributed by atoms with Crippen LogP contribution >= 0.6 is 33.4 Å². The summed E-state index contributed by atoms with van der Waals surface area (Å²) >= 11 is 1.73. The maximum absolute atomic E-state index is 5.56. The van der Waals surface area contributed by atoms with E-state index in [1.54, 1.807) is 11.8 Å². The predicted molar refractivity (Wildman–Crippen MR) is 49.9 cm³/mol. The number of hydrogen-bond acceptors (Lipinski definition) is 2. The Kier molecular flexibility index (Phi) is 3.46. The second-order valence-electron chi connectivity index (χ2n) is 1.76. The van der Waals surface area contributed by atoms with Crippen molar-refractivity contribution in [2.24, 2.45) is 0 Å². The first kappa shape index (κ1) is 8.31. The van der Waals surface area contributed by atoms with Crippen LogP contribution in [-0.4, -0.2) is 6.26 Å². The van der Waals surface area contributed by atoms with Crippen LogP contribution in [0.5, 0.6) is 0 Å². The summed E-state index contributed by atoms with van der Waals surface area (Å²) in [5.74, 6) is 0. The molecule has 0 spiro atoms. The molecule has 0 saturated carbocycles. The van der Waals surface area contributed by atoms with Crippen LogP contribution in [0.25, 0.3) is 0 Å². The van der Waals surface area contributed by atoms with E-state index in [0.717, 1.165) is 4.90 Å². The van der Waals surface area contributed by atoms with Crippen molar-refractivity contribution in [1.82, 2.24) is 0 Å². The molecule has 0 heterocycles. The van der Waals surface area contributed by atoms with Crippen molar-refractivity contribution in [2.75, 3.05) is 6.26 Å². The minimum atomic E-state index is 1.11. The summed E-state index contributed by atoms with van der Waals surface area (Å²) in [6.45, 7) is 0. The van der Waals surface area contributed by atoms with E-state index in [0.29, 0.717) is 0 Å². The minimum absolute atomic E-state index is 1.11. The van der Waals surface area contributed by atoms with E-state index in [9.17, 15) is 0 Å². The Bertz CT molecular complexity index is 193. The van der Waals surface area contributed by atoms with E-state index >= 15 is 0 Å². The number of thioether (sulfide) groups is 1. The van der Waals surface area contributed by atoms with Crippen molar-refractivity contribution < 1.29 is 0 Å². The molecule has 0 atom stereocenters. The molecule has 0 radical (unpaired) electrons. The van der Waals surface area contributed by atoms with E-state index in [-0.39, 0.29) is 0 Å². The highest BCUT2D eigenvalue weighted by Gasteiger charge is 1.91. The monoisotopic (exact) mass is 190 g/mol. The van der Waals surface area contributed by atoms with Gasteiger partial charge >= 0.3 is 0 Å². The third-order valence-corrected chi connectivity index (χ3v) is 2.82. The van der Waals surface area contributed by atoms with E-state index in [4.69, 9.17) is 10.7 Å². The van der Waals surface area contributed by atoms with Crippen molar-refractivity contribution in [3.8, 4) is 0 Å². The third kappa shape index (κ3) is 2.11. The maximum Gasteiger partial charge on any atom is 0.0244 e. The van der Waals surface area contributed by atoms with Gasteiger partial charge in [-0.15, -0.1) is 11.8 Å². The Morgan fingerprint density at radius 3 is 2.60 bits per heavy atom. The van der Waals surface area contributed by atoms with Crippen LogP contribution in [-0.2, 0) is 0 Å². The minimum Gasteiger partial charge on any atom is -0.130 e. The van der Waals surface area contributed by atoms with Gasteiger partial charge in [-0.3, -0.25) is 0 Å². The molecular formula is C7H7ClS2. The van der Waals surface area contributed by atoms with Crippen molar-refractivity contribution in [1.29, 1.82) is 0 Å². The van der Waals surface area contributed by atoms with Gasteiger partial charge in [-0.1, -0.05) is 6.07 Å². The normalized spacial score (nSPS) is 9.80. The van der Waals surface area contributed by atoms with Gasteiger partial charge in [-0.2, -0.15) is 0 Å². The largest absolute Gasteiger partial charge is 0.130 e. The number of halogens is 1. The molecule has 1 aromatic rings. The quantitative estimate of drug-likeness (QED) is 0.653. The summed E-state index contributed by atoms with van der Waals surface area (Å²) < 4.78 is 0. The summed E-state index contributed by atoms with van der Waals surface area (Å²) in [6.07, 6.45) is 2.05. The van der Waals surface area contributed by atoms with E-state index in [2.05, 4.69) is 18.4 Å². The van der Waals surface area contributed by atoms with Crippen LogP contribution in [0.1, 0.15) is 0 Å². The summed E-state index contributed by atoms with van der Waals surface area (Å²) in [4.78, 5) is 2.36. The number of hydrogen-bond donors (Lipinski definition) is 0. The SMILES string of the molecule is CSc1cccc(SCl)c1. The lowest BCUT2D eigenvalue weighted by Gasteiger charge is -1.96. The van der Waals surface area contributed by atoms with Crippen LogP contribution in [0.4, 0.5) is 0 Å². The molecule has 0 unspecified atom stereocenters. The van der Waals surface area contributed by atoms with E-state index < -0.39 is 0 Å². The van der Waals surface area contributed by atoms with Crippen LogP contribution < -0.4 is 0 Å². The molecule has 3 heteroatoms. The second kappa shape index (κ2) is 4.16. The average Bonchev–Trinajstić information content (AvgIpc) is 2.05. The molecule has 0 bridgehead atoms. The molecule has 0 saturated heterocycles. The fourth-order valence-electron chi connectivity index (χ4n) is 0.649. The summed E-state index contributed by atoms with van der Waals surface area (Å²) in [6, 6.07) is 8.15. The molecule has 10 heavy (non-hydrogen) atoms. The Morgan fingerprint density at radius 1 is 1.30 bits per heavy atom. The Hall–Kier alpha value is 0.210. The summed E-state index contributed by atoms with van der Waals surface area (Å²) in [5.41, 5.74) is 0. The zero-order valence-electron chi connectivity index (χ0n) is 5.50. The molecular weight excluding hydrogens is 184 g/mol. The van der Waals surface area contributed by atoms with Crippen LogP contribution in [0, 0.1) is 0 Å². The molecule has 1 rings (SSSR count). The Labute approximate surface area is 73.8 Å². The highest BCUT2D eigenvalue weighted by atomic mass is 35.7. The molecule has 54 valence electrons. The molecule has 1 aromatic carbocycles. The van der Waals surface area contributed by atoms with E-state index in [1.165, 1.54) is 15.9 Å². The van der Waals surface area contributed by atoms with Gasteiger partial charge in [-0.05, 0) is 46.1 Å². The first-order valence-electron chi connectivity index (χ1n) is 2.79. The third-order valence-electron chi connectivity index (χ3n) is 1.13. The van der Waals surface area contributed by atoms with Crippen LogP contribution in [0.15, 0.2) is 34.1 Å². The van der Waals surface area contributed by atoms with Gasteiger partial charge in [0.15, 0.2) is 0 Å². The topological polar surface area (TPSA) is 0 Å². The number of rotatable bonds is 2. The van der Waals surface area contributed by atoms with Gasteiger partial charge in [-0.25, -0.2) is 0 Å². The van der Waals surface area contributed by atoms with Crippen molar-refractivity contribution >= 4 is 33.4 Å². The predicted octanol–water partition coefficient (Wildman–Crippen LogP) is 3.65. The Balaban J connectivity index is 2.87. The van der Waals surface area contributed by atoms with Crippen molar-refractivity contribution in [3.63, 3.8) is 0 Å². The highest BCUT2D eigenvalue weighted by Crippen LogP contribution is 2.25. The van der Waals surface area contributed by atoms with Crippen molar-refractivity contribution in [3.05, 3.63) is 24.3 Å². The fourth-order valence-corrected chi connectivity index (χ4v) is 1.77. The summed E-state index contributed by atoms with van der Waals surface area (Å²) in [7, 11) is 6.82. The lowest BCUT2D eigenvalue weighted by molar-refractivity contribution is 1.34. The van der Waals surface area contributed by atoms with E-state index in [1.807, 2.05) is 12.1 Å². The van der Waals surface area contributed by atoms with Crippen LogP contribution in [0.2, 0.25) is 0 Å². The first-order chi connectivity index (χ1) is 4.86. The fraction of sp³-hybridized carbons (Fsp3) is 0.143. The Morgan fingerprint density at radius 2 is 2.00 bits per heavy atom. The molecule has 0 aliphatic carbocycles. The molecule has 0 amide bonds.